The molecule has 3 aromatic rings. The monoisotopic (exact) mass is 537 g/mol. The first-order valence-corrected chi connectivity index (χ1v) is 13.8. The molecule has 1 N–H and O–H groups in total. The van der Waals surface area contributed by atoms with E-state index < -0.39 is 28.5 Å². The van der Waals surface area contributed by atoms with Crippen molar-refractivity contribution in [3.8, 4) is 5.75 Å². The minimum absolute atomic E-state index is 0.0506. The molecule has 0 saturated heterocycles. The van der Waals surface area contributed by atoms with Gasteiger partial charge in [0.25, 0.3) is 10.0 Å². The Morgan fingerprint density at radius 2 is 1.58 bits per heavy atom. The largest absolute Gasteiger partial charge is 0.495 e. The number of benzene rings is 3. The number of anilines is 1. The molecule has 2 amide bonds. The van der Waals surface area contributed by atoms with Crippen LogP contribution >= 0.6 is 0 Å². The molecule has 0 aliphatic heterocycles. The normalized spacial score (nSPS) is 11.9. The number of hydrogen-bond acceptors (Lipinski definition) is 5. The molecule has 0 aliphatic carbocycles. The predicted octanol–water partition coefficient (Wildman–Crippen LogP) is 3.71. The number of hydrogen-bond donors (Lipinski definition) is 1. The highest BCUT2D eigenvalue weighted by Crippen LogP contribution is 2.33. The van der Waals surface area contributed by atoms with Crippen LogP contribution in [0.4, 0.5) is 5.69 Å². The van der Waals surface area contributed by atoms with E-state index >= 15 is 0 Å². The molecule has 0 aromatic heterocycles. The zero-order valence-electron chi connectivity index (χ0n) is 22.5. The summed E-state index contributed by atoms with van der Waals surface area (Å²) >= 11 is 0. The molecule has 3 aromatic carbocycles. The number of nitrogens with one attached hydrogen (secondary N) is 1. The van der Waals surface area contributed by atoms with Crippen molar-refractivity contribution >= 4 is 27.5 Å². The summed E-state index contributed by atoms with van der Waals surface area (Å²) in [6.07, 6.45) is 0.506. The van der Waals surface area contributed by atoms with E-state index in [1.54, 1.807) is 37.3 Å². The first-order valence-electron chi connectivity index (χ1n) is 12.4. The highest BCUT2D eigenvalue weighted by Gasteiger charge is 2.33. The summed E-state index contributed by atoms with van der Waals surface area (Å²) in [6, 6.07) is 20.4. The molecule has 38 heavy (non-hydrogen) atoms. The topological polar surface area (TPSA) is 96.0 Å². The van der Waals surface area contributed by atoms with Crippen molar-refractivity contribution in [3.05, 3.63) is 89.5 Å². The van der Waals surface area contributed by atoms with Gasteiger partial charge in [-0.3, -0.25) is 13.9 Å². The molecule has 0 spiro atoms. The highest BCUT2D eigenvalue weighted by molar-refractivity contribution is 7.92. The minimum atomic E-state index is -4.16. The van der Waals surface area contributed by atoms with Gasteiger partial charge >= 0.3 is 0 Å². The Morgan fingerprint density at radius 1 is 0.947 bits per heavy atom. The van der Waals surface area contributed by atoms with Gasteiger partial charge in [0, 0.05) is 13.6 Å². The zero-order chi connectivity index (χ0) is 27.9. The molecule has 9 heteroatoms. The lowest BCUT2D eigenvalue weighted by atomic mass is 10.1. The molecule has 1 atom stereocenters. The number of sulfonamides is 1. The third-order valence-electron chi connectivity index (χ3n) is 6.39. The van der Waals surface area contributed by atoms with Crippen LogP contribution in [-0.4, -0.2) is 58.4 Å². The molecule has 8 nitrogen and oxygen atoms in total. The van der Waals surface area contributed by atoms with Crippen molar-refractivity contribution in [2.24, 2.45) is 0 Å². The molecule has 0 radical (unpaired) electrons. The van der Waals surface area contributed by atoms with E-state index in [1.165, 1.54) is 31.2 Å². The third kappa shape index (κ3) is 6.72. The fourth-order valence-electron chi connectivity index (χ4n) is 4.12. The number of methoxy groups -OCH3 is 1. The second kappa shape index (κ2) is 12.6. The fraction of sp³-hybridized carbons (Fsp3) is 0.310. The van der Waals surface area contributed by atoms with E-state index in [0.717, 1.165) is 21.0 Å². The van der Waals surface area contributed by atoms with E-state index in [2.05, 4.69) is 5.32 Å². The van der Waals surface area contributed by atoms with Crippen LogP contribution in [0, 0.1) is 13.8 Å². The van der Waals surface area contributed by atoms with Crippen molar-refractivity contribution < 1.29 is 22.7 Å². The molecule has 1 unspecified atom stereocenters. The maximum Gasteiger partial charge on any atom is 0.264 e. The van der Waals surface area contributed by atoms with Crippen molar-refractivity contribution in [2.75, 3.05) is 31.6 Å². The first kappa shape index (κ1) is 28.7. The van der Waals surface area contributed by atoms with Gasteiger partial charge in [-0.05, 0) is 62.6 Å². The van der Waals surface area contributed by atoms with E-state index in [9.17, 15) is 18.0 Å². The molecule has 0 fully saturated rings. The molecule has 0 bridgehead atoms. The lowest BCUT2D eigenvalue weighted by Gasteiger charge is -2.32. The number of aryl methyl sites for hydroxylation is 2. The molecule has 3 rings (SSSR count). The minimum Gasteiger partial charge on any atom is -0.495 e. The summed E-state index contributed by atoms with van der Waals surface area (Å²) in [5.74, 6) is -0.530. The van der Waals surface area contributed by atoms with Crippen LogP contribution in [0.15, 0.2) is 77.7 Å². The van der Waals surface area contributed by atoms with Crippen LogP contribution in [0.25, 0.3) is 0 Å². The van der Waals surface area contributed by atoms with Gasteiger partial charge in [0.15, 0.2) is 0 Å². The number of nitrogens with zero attached hydrogens (tertiary/aromatic N) is 2. The lowest BCUT2D eigenvalue weighted by Crippen LogP contribution is -2.51. The summed E-state index contributed by atoms with van der Waals surface area (Å²) in [5.41, 5.74) is 2.96. The average Bonchev–Trinajstić information content (AvgIpc) is 2.91. The molecule has 0 aliphatic rings. The summed E-state index contributed by atoms with van der Waals surface area (Å²) in [7, 11) is -1.21. The zero-order valence-corrected chi connectivity index (χ0v) is 23.3. The van der Waals surface area contributed by atoms with Gasteiger partial charge in [-0.2, -0.15) is 0 Å². The van der Waals surface area contributed by atoms with Crippen molar-refractivity contribution in [1.29, 1.82) is 0 Å². The van der Waals surface area contributed by atoms with Crippen LogP contribution in [0.2, 0.25) is 0 Å². The summed E-state index contributed by atoms with van der Waals surface area (Å²) in [6.45, 7) is 5.06. The molecule has 0 heterocycles. The standard InChI is InChI=1S/C29H35N3O5S/c1-21-11-14-25(15-12-21)38(35,36)32(26-19-22(2)13-16-27(26)37-5)20-28(33)31(23(3)29(34)30-4)18-17-24-9-7-6-8-10-24/h6-16,19,23H,17-18,20H2,1-5H3,(H,30,34). The van der Waals surface area contributed by atoms with Crippen LogP contribution in [0.1, 0.15) is 23.6 Å². The van der Waals surface area contributed by atoms with Gasteiger partial charge in [-0.25, -0.2) is 8.42 Å². The summed E-state index contributed by atoms with van der Waals surface area (Å²) < 4.78 is 34.4. The number of carbonyl (C=O) groups is 2. The van der Waals surface area contributed by atoms with Gasteiger partial charge < -0.3 is 15.0 Å². The summed E-state index contributed by atoms with van der Waals surface area (Å²) in [4.78, 5) is 27.9. The number of amides is 2. The van der Waals surface area contributed by atoms with E-state index in [1.807, 2.05) is 44.2 Å². The molecule has 0 saturated carbocycles. The average molecular weight is 538 g/mol. The molecular formula is C29H35N3O5S. The first-order chi connectivity index (χ1) is 18.1. The second-order valence-electron chi connectivity index (χ2n) is 9.11. The lowest BCUT2D eigenvalue weighted by molar-refractivity contribution is -0.138. The maximum absolute atomic E-state index is 13.9. The van der Waals surface area contributed by atoms with Gasteiger partial charge in [0.2, 0.25) is 11.8 Å². The molecular weight excluding hydrogens is 502 g/mol. The smallest absolute Gasteiger partial charge is 0.264 e. The number of rotatable bonds is 11. The van der Waals surface area contributed by atoms with Gasteiger partial charge in [0.05, 0.1) is 17.7 Å². The quantitative estimate of drug-likeness (QED) is 0.402. The Labute approximate surface area is 225 Å². The van der Waals surface area contributed by atoms with E-state index in [-0.39, 0.29) is 23.0 Å². The Balaban J connectivity index is 2.05. The Morgan fingerprint density at radius 3 is 2.18 bits per heavy atom. The van der Waals surface area contributed by atoms with Gasteiger partial charge in [-0.1, -0.05) is 54.1 Å². The number of ether oxygens (including phenoxy) is 1. The fourth-order valence-corrected chi connectivity index (χ4v) is 5.54. The Hall–Kier alpha value is -3.85. The second-order valence-corrected chi connectivity index (χ2v) is 11.0. The van der Waals surface area contributed by atoms with Crippen LogP contribution < -0.4 is 14.4 Å². The Bertz CT molecular complexity index is 1360. The van der Waals surface area contributed by atoms with E-state index in [4.69, 9.17) is 4.74 Å². The number of likely N-dealkylation sites (N-methyl/N-ethyl adjacent to an activating group) is 1. The number of carbonyl (C=O) groups excluding carboxylic acids is 2. The van der Waals surface area contributed by atoms with Crippen molar-refractivity contribution in [1.82, 2.24) is 10.2 Å². The van der Waals surface area contributed by atoms with E-state index in [0.29, 0.717) is 12.2 Å². The van der Waals surface area contributed by atoms with Crippen LogP contribution in [0.3, 0.4) is 0 Å². The van der Waals surface area contributed by atoms with Crippen molar-refractivity contribution in [3.63, 3.8) is 0 Å². The van der Waals surface area contributed by atoms with Gasteiger partial charge in [0.1, 0.15) is 18.3 Å². The maximum atomic E-state index is 13.9. The predicted molar refractivity (Wildman–Crippen MR) is 149 cm³/mol. The van der Waals surface area contributed by atoms with Crippen LogP contribution in [-0.2, 0) is 26.0 Å². The van der Waals surface area contributed by atoms with Crippen LogP contribution in [0.5, 0.6) is 5.75 Å². The Kier molecular flexibility index (Phi) is 9.52. The highest BCUT2D eigenvalue weighted by atomic mass is 32.2. The molecule has 202 valence electrons. The third-order valence-corrected chi connectivity index (χ3v) is 8.16. The van der Waals surface area contributed by atoms with Crippen molar-refractivity contribution in [2.45, 2.75) is 38.1 Å². The summed E-state index contributed by atoms with van der Waals surface area (Å²) in [5, 5.41) is 2.59. The SMILES string of the molecule is CNC(=O)C(C)N(CCc1ccccc1)C(=O)CN(c1cc(C)ccc1OC)S(=O)(=O)c1ccc(C)cc1. The van der Waals surface area contributed by atoms with Gasteiger partial charge in [-0.15, -0.1) is 0 Å².